The number of hydrogen-bond acceptors (Lipinski definition) is 5. The third-order valence-corrected chi connectivity index (χ3v) is 7.19. The zero-order chi connectivity index (χ0) is 23.9. The number of benzene rings is 3. The van der Waals surface area contributed by atoms with Crippen LogP contribution in [0, 0.1) is 0 Å². The number of aromatic nitrogens is 5. The molecule has 0 fully saturated rings. The second-order valence-electron chi connectivity index (χ2n) is 7.77. The highest BCUT2D eigenvalue weighted by Crippen LogP contribution is 2.26. The number of hydrogen-bond donors (Lipinski definition) is 0. The van der Waals surface area contributed by atoms with E-state index in [1.165, 1.54) is 15.9 Å². The fraction of sp³-hybridized carbons (Fsp3) is 0. The monoisotopic (exact) mass is 559 g/mol. The first-order valence-corrected chi connectivity index (χ1v) is 12.6. The number of para-hydroxylation sites is 1. The number of thiazole rings is 1. The summed E-state index contributed by atoms with van der Waals surface area (Å²) < 4.78 is 4.67. The quantitative estimate of drug-likeness (QED) is 0.280. The summed E-state index contributed by atoms with van der Waals surface area (Å²) in [6, 6.07) is 25.0. The lowest BCUT2D eigenvalue weighted by Crippen LogP contribution is -2.23. The molecule has 6 rings (SSSR count). The Labute approximate surface area is 216 Å². The smallest absolute Gasteiger partial charge is 0.266 e. The van der Waals surface area contributed by atoms with E-state index in [0.29, 0.717) is 20.3 Å². The van der Waals surface area contributed by atoms with Gasteiger partial charge in [0, 0.05) is 32.4 Å². The first-order valence-electron chi connectivity index (χ1n) is 10.6. The Morgan fingerprint density at radius 2 is 1.60 bits per heavy atom. The van der Waals surface area contributed by atoms with Gasteiger partial charge < -0.3 is 0 Å². The fourth-order valence-corrected chi connectivity index (χ4v) is 5.02. The van der Waals surface area contributed by atoms with Crippen LogP contribution >= 0.6 is 38.9 Å². The molecule has 0 atom stereocenters. The van der Waals surface area contributed by atoms with Crippen LogP contribution in [0.2, 0.25) is 5.02 Å². The Morgan fingerprint density at radius 3 is 2.31 bits per heavy atom. The molecule has 0 bridgehead atoms. The van der Waals surface area contributed by atoms with E-state index in [0.717, 1.165) is 32.5 Å². The highest BCUT2D eigenvalue weighted by atomic mass is 79.9. The predicted octanol–water partition coefficient (Wildman–Crippen LogP) is 5.63. The molecule has 6 aromatic rings. The van der Waals surface area contributed by atoms with Crippen molar-refractivity contribution in [3.8, 4) is 28.3 Å². The maximum atomic E-state index is 13.2. The van der Waals surface area contributed by atoms with Gasteiger partial charge in [-0.3, -0.25) is 4.79 Å². The summed E-state index contributed by atoms with van der Waals surface area (Å²) in [5, 5.41) is 9.91. The Hall–Kier alpha value is -3.59. The summed E-state index contributed by atoms with van der Waals surface area (Å²) >= 11 is 10.8. The van der Waals surface area contributed by atoms with Gasteiger partial charge in [-0.2, -0.15) is 14.6 Å². The standard InChI is InChI=1S/C26H15BrClN5OS/c27-19-10-6-17(7-11-19)24-29-26-33(31-24)25(34)22(35-26)14-18-15-32(21-4-2-1-3-5-21)30-23(18)16-8-12-20(28)13-9-16/h1-15H/b22-14-. The van der Waals surface area contributed by atoms with Gasteiger partial charge in [-0.15, -0.1) is 5.10 Å². The number of nitrogens with zero attached hydrogens (tertiary/aromatic N) is 5. The summed E-state index contributed by atoms with van der Waals surface area (Å²) in [5.74, 6) is 0.520. The van der Waals surface area contributed by atoms with Crippen molar-refractivity contribution in [1.82, 2.24) is 24.4 Å². The molecule has 3 heterocycles. The maximum absolute atomic E-state index is 13.2. The molecular weight excluding hydrogens is 546 g/mol. The van der Waals surface area contributed by atoms with Crippen molar-refractivity contribution in [2.75, 3.05) is 0 Å². The van der Waals surface area contributed by atoms with E-state index in [1.54, 1.807) is 0 Å². The van der Waals surface area contributed by atoms with Crippen LogP contribution in [0.15, 0.2) is 94.3 Å². The van der Waals surface area contributed by atoms with Gasteiger partial charge in [0.2, 0.25) is 4.96 Å². The molecular formula is C26H15BrClN5OS. The second kappa shape index (κ2) is 8.88. The second-order valence-corrected chi connectivity index (χ2v) is 10.1. The molecule has 170 valence electrons. The number of halogens is 2. The van der Waals surface area contributed by atoms with E-state index in [1.807, 2.05) is 95.8 Å². The summed E-state index contributed by atoms with van der Waals surface area (Å²) in [6.07, 6.45) is 3.76. The van der Waals surface area contributed by atoms with Gasteiger partial charge in [0.25, 0.3) is 5.56 Å². The summed E-state index contributed by atoms with van der Waals surface area (Å²) in [4.78, 5) is 18.3. The molecule has 0 saturated carbocycles. The lowest BCUT2D eigenvalue weighted by Gasteiger charge is -2.00. The van der Waals surface area contributed by atoms with Crippen LogP contribution in [0.1, 0.15) is 5.56 Å². The van der Waals surface area contributed by atoms with Gasteiger partial charge in [-0.05, 0) is 42.5 Å². The Kier molecular flexibility index (Phi) is 5.56. The van der Waals surface area contributed by atoms with E-state index < -0.39 is 0 Å². The summed E-state index contributed by atoms with van der Waals surface area (Å²) in [5.41, 5.74) is 4.02. The average Bonchev–Trinajstić information content (AvgIpc) is 3.56. The molecule has 0 amide bonds. The minimum absolute atomic E-state index is 0.213. The molecule has 0 N–H and O–H groups in total. The normalized spacial score (nSPS) is 12.0. The molecule has 0 radical (unpaired) electrons. The SMILES string of the molecule is O=c1/c(=C/c2cn(-c3ccccc3)nc2-c2ccc(Cl)cc2)sc2nc(-c3ccc(Br)cc3)nn12. The molecule has 0 unspecified atom stereocenters. The van der Waals surface area contributed by atoms with Crippen LogP contribution in [0.5, 0.6) is 0 Å². The average molecular weight is 561 g/mol. The number of rotatable bonds is 4. The Balaban J connectivity index is 1.48. The lowest BCUT2D eigenvalue weighted by atomic mass is 10.1. The van der Waals surface area contributed by atoms with Crippen molar-refractivity contribution in [2.24, 2.45) is 0 Å². The Bertz CT molecular complexity index is 1770. The van der Waals surface area contributed by atoms with E-state index >= 15 is 0 Å². The minimum Gasteiger partial charge on any atom is -0.266 e. The van der Waals surface area contributed by atoms with Gasteiger partial charge in [-0.1, -0.05) is 81.3 Å². The molecule has 3 aromatic heterocycles. The van der Waals surface area contributed by atoms with Crippen LogP contribution in [0.3, 0.4) is 0 Å². The van der Waals surface area contributed by atoms with Gasteiger partial charge in [0.1, 0.15) is 5.69 Å². The van der Waals surface area contributed by atoms with E-state index in [2.05, 4.69) is 26.0 Å². The molecule has 9 heteroatoms. The molecule has 0 spiro atoms. The Morgan fingerprint density at radius 1 is 0.886 bits per heavy atom. The lowest BCUT2D eigenvalue weighted by molar-refractivity contribution is 0.884. The van der Waals surface area contributed by atoms with Crippen LogP contribution < -0.4 is 10.1 Å². The van der Waals surface area contributed by atoms with Crippen molar-refractivity contribution >= 4 is 49.9 Å². The first kappa shape index (κ1) is 21.9. The van der Waals surface area contributed by atoms with Crippen molar-refractivity contribution < 1.29 is 0 Å². The van der Waals surface area contributed by atoms with Crippen LogP contribution in [0.25, 0.3) is 39.4 Å². The third-order valence-electron chi connectivity index (χ3n) is 5.45. The molecule has 0 aliphatic heterocycles. The van der Waals surface area contributed by atoms with Crippen molar-refractivity contribution in [1.29, 1.82) is 0 Å². The topological polar surface area (TPSA) is 65.1 Å². The van der Waals surface area contributed by atoms with Crippen LogP contribution in [-0.2, 0) is 0 Å². The molecule has 0 saturated heterocycles. The van der Waals surface area contributed by atoms with Gasteiger partial charge in [-0.25, -0.2) is 4.68 Å². The van der Waals surface area contributed by atoms with Gasteiger partial charge in [0.15, 0.2) is 5.82 Å². The van der Waals surface area contributed by atoms with Crippen molar-refractivity contribution in [3.05, 3.63) is 115 Å². The minimum atomic E-state index is -0.213. The zero-order valence-corrected chi connectivity index (χ0v) is 21.1. The van der Waals surface area contributed by atoms with E-state index in [-0.39, 0.29) is 5.56 Å². The predicted molar refractivity (Wildman–Crippen MR) is 143 cm³/mol. The first-order chi connectivity index (χ1) is 17.0. The molecule has 3 aromatic carbocycles. The fourth-order valence-electron chi connectivity index (χ4n) is 3.73. The van der Waals surface area contributed by atoms with Crippen LogP contribution in [0.4, 0.5) is 0 Å². The van der Waals surface area contributed by atoms with Crippen molar-refractivity contribution in [3.63, 3.8) is 0 Å². The molecule has 0 aliphatic carbocycles. The van der Waals surface area contributed by atoms with Gasteiger partial charge in [0.05, 0.1) is 10.2 Å². The molecule has 0 aliphatic rings. The highest BCUT2D eigenvalue weighted by molar-refractivity contribution is 9.10. The van der Waals surface area contributed by atoms with E-state index in [9.17, 15) is 4.79 Å². The zero-order valence-electron chi connectivity index (χ0n) is 18.0. The summed E-state index contributed by atoms with van der Waals surface area (Å²) in [6.45, 7) is 0. The van der Waals surface area contributed by atoms with Crippen LogP contribution in [-0.4, -0.2) is 24.4 Å². The van der Waals surface area contributed by atoms with E-state index in [4.69, 9.17) is 16.7 Å². The van der Waals surface area contributed by atoms with Gasteiger partial charge >= 0.3 is 0 Å². The summed E-state index contributed by atoms with van der Waals surface area (Å²) in [7, 11) is 0. The highest BCUT2D eigenvalue weighted by Gasteiger charge is 2.15. The number of fused-ring (bicyclic) bond motifs is 1. The van der Waals surface area contributed by atoms with Crippen molar-refractivity contribution in [2.45, 2.75) is 0 Å². The molecule has 6 nitrogen and oxygen atoms in total. The largest absolute Gasteiger partial charge is 0.291 e. The molecule has 35 heavy (non-hydrogen) atoms. The maximum Gasteiger partial charge on any atom is 0.291 e. The third kappa shape index (κ3) is 4.20.